The van der Waals surface area contributed by atoms with Crippen LogP contribution in [0.1, 0.15) is 23.3 Å². The number of fused-ring (bicyclic) bond motifs is 1. The number of benzene rings is 1. The van der Waals surface area contributed by atoms with Crippen LogP contribution in [0.25, 0.3) is 10.9 Å². The van der Waals surface area contributed by atoms with Crippen molar-refractivity contribution in [2.24, 2.45) is 7.05 Å². The molecule has 1 amide bonds. The molecule has 0 atom stereocenters. The van der Waals surface area contributed by atoms with Gasteiger partial charge in [-0.1, -0.05) is 17.7 Å². The van der Waals surface area contributed by atoms with E-state index in [1.165, 1.54) is 0 Å². The van der Waals surface area contributed by atoms with E-state index in [9.17, 15) is 4.79 Å². The van der Waals surface area contributed by atoms with Gasteiger partial charge in [-0.15, -0.1) is 0 Å². The first kappa shape index (κ1) is 11.6. The maximum Gasteiger partial charge on any atom is 0.270 e. The Hall–Kier alpha value is -1.48. The molecule has 0 unspecified atom stereocenters. The van der Waals surface area contributed by atoms with Crippen LogP contribution in [0.2, 0.25) is 5.02 Å². The Kier molecular flexibility index (Phi) is 2.78. The lowest BCUT2D eigenvalue weighted by molar-refractivity contribution is 0.0784. The summed E-state index contributed by atoms with van der Waals surface area (Å²) in [5, 5.41) is 1.65. The van der Waals surface area contributed by atoms with Gasteiger partial charge in [-0.3, -0.25) is 4.79 Å². The summed E-state index contributed by atoms with van der Waals surface area (Å²) in [6.07, 6.45) is 2.22. The first-order chi connectivity index (χ1) is 8.68. The minimum atomic E-state index is 0.113. The molecule has 1 saturated heterocycles. The molecule has 18 heavy (non-hydrogen) atoms. The Morgan fingerprint density at radius 2 is 2.00 bits per heavy atom. The van der Waals surface area contributed by atoms with Crippen LogP contribution < -0.4 is 0 Å². The number of hydrogen-bond donors (Lipinski definition) is 0. The first-order valence-corrected chi connectivity index (χ1v) is 6.59. The van der Waals surface area contributed by atoms with Crippen LogP contribution in [-0.4, -0.2) is 28.5 Å². The van der Waals surface area contributed by atoms with Gasteiger partial charge in [-0.2, -0.15) is 0 Å². The molecule has 2 aromatic rings. The van der Waals surface area contributed by atoms with Gasteiger partial charge in [-0.25, -0.2) is 0 Å². The molecule has 1 fully saturated rings. The van der Waals surface area contributed by atoms with Crippen molar-refractivity contribution in [3.05, 3.63) is 35.0 Å². The van der Waals surface area contributed by atoms with E-state index >= 15 is 0 Å². The fourth-order valence-corrected chi connectivity index (χ4v) is 2.84. The van der Waals surface area contributed by atoms with Crippen LogP contribution in [-0.2, 0) is 7.05 Å². The maximum atomic E-state index is 12.4. The van der Waals surface area contributed by atoms with Crippen molar-refractivity contribution in [1.82, 2.24) is 9.47 Å². The van der Waals surface area contributed by atoms with E-state index < -0.39 is 0 Å². The van der Waals surface area contributed by atoms with Gasteiger partial charge in [0.2, 0.25) is 0 Å². The van der Waals surface area contributed by atoms with Crippen molar-refractivity contribution in [3.63, 3.8) is 0 Å². The lowest BCUT2D eigenvalue weighted by Crippen LogP contribution is -2.29. The number of likely N-dealkylation sites (tertiary alicyclic amines) is 1. The Balaban J connectivity index is 2.09. The summed E-state index contributed by atoms with van der Waals surface area (Å²) in [4.78, 5) is 14.3. The average molecular weight is 263 g/mol. The number of carbonyl (C=O) groups is 1. The predicted octanol–water partition coefficient (Wildman–Crippen LogP) is 3.07. The largest absolute Gasteiger partial charge is 0.340 e. The third-order valence-corrected chi connectivity index (χ3v) is 3.98. The smallest absolute Gasteiger partial charge is 0.270 e. The minimum absolute atomic E-state index is 0.113. The summed E-state index contributed by atoms with van der Waals surface area (Å²) in [5.74, 6) is 0.113. The maximum absolute atomic E-state index is 12.4. The Morgan fingerprint density at radius 3 is 2.67 bits per heavy atom. The number of rotatable bonds is 1. The highest BCUT2D eigenvalue weighted by atomic mass is 35.5. The Morgan fingerprint density at radius 1 is 1.28 bits per heavy atom. The summed E-state index contributed by atoms with van der Waals surface area (Å²) in [7, 11) is 1.92. The van der Waals surface area contributed by atoms with Crippen LogP contribution in [0, 0.1) is 0 Å². The fraction of sp³-hybridized carbons (Fsp3) is 0.357. The van der Waals surface area contributed by atoms with Gasteiger partial charge in [0.1, 0.15) is 5.69 Å². The number of hydrogen-bond acceptors (Lipinski definition) is 1. The fourth-order valence-electron chi connectivity index (χ4n) is 2.61. The van der Waals surface area contributed by atoms with E-state index in [0.29, 0.717) is 5.02 Å². The molecular weight excluding hydrogens is 248 g/mol. The second-order valence-corrected chi connectivity index (χ2v) is 5.17. The van der Waals surface area contributed by atoms with E-state index in [1.807, 2.05) is 40.8 Å². The zero-order valence-corrected chi connectivity index (χ0v) is 11.1. The monoisotopic (exact) mass is 262 g/mol. The summed E-state index contributed by atoms with van der Waals surface area (Å²) < 4.78 is 1.93. The number of carbonyl (C=O) groups excluding carboxylic acids is 1. The lowest BCUT2D eigenvalue weighted by Gasteiger charge is -2.15. The second kappa shape index (κ2) is 4.32. The standard InChI is InChI=1S/C14H15ClN2O/c1-16-12-6-4-5-11(15)10(12)9-13(16)14(18)17-7-2-3-8-17/h4-6,9H,2-3,7-8H2,1H3. The molecule has 0 radical (unpaired) electrons. The molecule has 2 heterocycles. The van der Waals surface area contributed by atoms with Crippen LogP contribution in [0.4, 0.5) is 0 Å². The second-order valence-electron chi connectivity index (χ2n) is 4.76. The van der Waals surface area contributed by atoms with Crippen LogP contribution >= 0.6 is 11.6 Å². The first-order valence-electron chi connectivity index (χ1n) is 6.21. The van der Waals surface area contributed by atoms with Crippen LogP contribution in [0.3, 0.4) is 0 Å². The van der Waals surface area contributed by atoms with Gasteiger partial charge >= 0.3 is 0 Å². The van der Waals surface area contributed by atoms with Gasteiger partial charge in [-0.05, 0) is 31.0 Å². The highest BCUT2D eigenvalue weighted by Crippen LogP contribution is 2.27. The predicted molar refractivity (Wildman–Crippen MR) is 73.1 cm³/mol. The van der Waals surface area contributed by atoms with Gasteiger partial charge in [0.15, 0.2) is 0 Å². The average Bonchev–Trinajstić information content (AvgIpc) is 2.98. The molecule has 1 aromatic heterocycles. The van der Waals surface area contributed by atoms with E-state index in [-0.39, 0.29) is 5.91 Å². The Labute approximate surface area is 111 Å². The molecule has 0 N–H and O–H groups in total. The molecule has 0 bridgehead atoms. The third-order valence-electron chi connectivity index (χ3n) is 3.65. The molecule has 1 aromatic carbocycles. The van der Waals surface area contributed by atoms with Crippen LogP contribution in [0.15, 0.2) is 24.3 Å². The molecule has 4 heteroatoms. The topological polar surface area (TPSA) is 25.2 Å². The SMILES string of the molecule is Cn1c(C(=O)N2CCCC2)cc2c(Cl)cccc21. The number of aryl methyl sites for hydroxylation is 1. The van der Waals surface area contributed by atoms with Gasteiger partial charge < -0.3 is 9.47 Å². The van der Waals surface area contributed by atoms with E-state index in [2.05, 4.69) is 0 Å². The summed E-state index contributed by atoms with van der Waals surface area (Å²) in [6, 6.07) is 7.66. The number of halogens is 1. The normalized spacial score (nSPS) is 15.6. The molecule has 0 saturated carbocycles. The lowest BCUT2D eigenvalue weighted by atomic mass is 10.2. The van der Waals surface area contributed by atoms with Crippen molar-refractivity contribution in [1.29, 1.82) is 0 Å². The molecule has 3 nitrogen and oxygen atoms in total. The van der Waals surface area contributed by atoms with Gasteiger partial charge in [0, 0.05) is 36.1 Å². The van der Waals surface area contributed by atoms with Crippen molar-refractivity contribution < 1.29 is 4.79 Å². The summed E-state index contributed by atoms with van der Waals surface area (Å²) in [5.41, 5.74) is 1.73. The number of nitrogens with zero attached hydrogens (tertiary/aromatic N) is 2. The zero-order valence-electron chi connectivity index (χ0n) is 10.3. The van der Waals surface area contributed by atoms with Crippen molar-refractivity contribution in [2.75, 3.05) is 13.1 Å². The summed E-state index contributed by atoms with van der Waals surface area (Å²) in [6.45, 7) is 1.74. The van der Waals surface area contributed by atoms with Crippen molar-refractivity contribution in [2.45, 2.75) is 12.8 Å². The number of amides is 1. The summed E-state index contributed by atoms with van der Waals surface area (Å²) >= 11 is 6.17. The molecule has 3 rings (SSSR count). The van der Waals surface area contributed by atoms with E-state index in [0.717, 1.165) is 42.5 Å². The third kappa shape index (κ3) is 1.70. The quantitative estimate of drug-likeness (QED) is 0.775. The zero-order chi connectivity index (χ0) is 12.7. The van der Waals surface area contributed by atoms with Gasteiger partial charge in [0.25, 0.3) is 5.91 Å². The molecule has 0 spiro atoms. The molecule has 94 valence electrons. The minimum Gasteiger partial charge on any atom is -0.340 e. The highest BCUT2D eigenvalue weighted by molar-refractivity contribution is 6.35. The van der Waals surface area contributed by atoms with E-state index in [1.54, 1.807) is 0 Å². The molecule has 1 aliphatic rings. The van der Waals surface area contributed by atoms with Crippen molar-refractivity contribution >= 4 is 28.4 Å². The van der Waals surface area contributed by atoms with Crippen LogP contribution in [0.5, 0.6) is 0 Å². The van der Waals surface area contributed by atoms with E-state index in [4.69, 9.17) is 11.6 Å². The Bertz CT molecular complexity index is 612. The molecular formula is C14H15ClN2O. The highest BCUT2D eigenvalue weighted by Gasteiger charge is 2.22. The molecule has 0 aliphatic carbocycles. The van der Waals surface area contributed by atoms with Gasteiger partial charge in [0.05, 0.1) is 0 Å². The number of aromatic nitrogens is 1. The molecule has 1 aliphatic heterocycles. The van der Waals surface area contributed by atoms with Crippen molar-refractivity contribution in [3.8, 4) is 0 Å².